The van der Waals surface area contributed by atoms with Crippen molar-refractivity contribution in [2.45, 2.75) is 26.4 Å². The average molecular weight is 303 g/mol. The van der Waals surface area contributed by atoms with Crippen LogP contribution < -0.4 is 5.73 Å². The van der Waals surface area contributed by atoms with E-state index in [4.69, 9.17) is 27.5 Å². The van der Waals surface area contributed by atoms with Gasteiger partial charge in [0.2, 0.25) is 0 Å². The SMILES string of the molecule is CC(C)(C)OC(=O)N1CCN(/C(C=N)=C(\Cl)C(N)=O)C1. The molecule has 0 aromatic rings. The second-order valence-electron chi connectivity index (χ2n) is 5.36. The second kappa shape index (κ2) is 6.13. The van der Waals surface area contributed by atoms with Gasteiger partial charge in [-0.15, -0.1) is 0 Å². The molecule has 8 heteroatoms. The van der Waals surface area contributed by atoms with E-state index < -0.39 is 17.6 Å². The average Bonchev–Trinajstić information content (AvgIpc) is 2.77. The van der Waals surface area contributed by atoms with Crippen LogP contribution in [-0.4, -0.2) is 53.4 Å². The number of nitrogens with one attached hydrogen (secondary N) is 1. The molecule has 1 aliphatic rings. The molecular weight excluding hydrogens is 284 g/mol. The number of halogens is 1. The summed E-state index contributed by atoms with van der Waals surface area (Å²) in [4.78, 5) is 26.1. The highest BCUT2D eigenvalue weighted by Crippen LogP contribution is 2.19. The molecule has 112 valence electrons. The molecule has 0 spiro atoms. The number of primary amides is 1. The number of allylic oxidation sites excluding steroid dienone is 1. The molecule has 3 N–H and O–H groups in total. The summed E-state index contributed by atoms with van der Waals surface area (Å²) in [5.74, 6) is -0.805. The van der Waals surface area contributed by atoms with Gasteiger partial charge in [-0.1, -0.05) is 11.6 Å². The fourth-order valence-electron chi connectivity index (χ4n) is 1.68. The van der Waals surface area contributed by atoms with E-state index in [1.54, 1.807) is 25.7 Å². The molecule has 0 aromatic carbocycles. The first kappa shape index (κ1) is 16.3. The van der Waals surface area contributed by atoms with Crippen molar-refractivity contribution < 1.29 is 14.3 Å². The van der Waals surface area contributed by atoms with E-state index in [0.29, 0.717) is 13.1 Å². The van der Waals surface area contributed by atoms with Gasteiger partial charge in [-0.25, -0.2) is 4.79 Å². The van der Waals surface area contributed by atoms with Gasteiger partial charge in [0, 0.05) is 19.3 Å². The summed E-state index contributed by atoms with van der Waals surface area (Å²) < 4.78 is 5.25. The lowest BCUT2D eigenvalue weighted by molar-refractivity contribution is -0.114. The quantitative estimate of drug-likeness (QED) is 0.602. The Morgan fingerprint density at radius 2 is 1.85 bits per heavy atom. The molecule has 2 amide bonds. The third-order valence-electron chi connectivity index (χ3n) is 2.55. The monoisotopic (exact) mass is 302 g/mol. The Kier molecular flexibility index (Phi) is 4.99. The first-order valence-electron chi connectivity index (χ1n) is 6.08. The first-order valence-corrected chi connectivity index (χ1v) is 6.46. The highest BCUT2D eigenvalue weighted by Gasteiger charge is 2.30. The highest BCUT2D eigenvalue weighted by molar-refractivity contribution is 6.43. The summed E-state index contributed by atoms with van der Waals surface area (Å²) in [6.07, 6.45) is 0.505. The van der Waals surface area contributed by atoms with Crippen molar-refractivity contribution in [1.82, 2.24) is 9.80 Å². The third kappa shape index (κ3) is 4.12. The van der Waals surface area contributed by atoms with Gasteiger partial charge in [-0.05, 0) is 20.8 Å². The lowest BCUT2D eigenvalue weighted by Gasteiger charge is -2.25. The molecule has 1 heterocycles. The van der Waals surface area contributed by atoms with Gasteiger partial charge in [0.05, 0.1) is 12.4 Å². The van der Waals surface area contributed by atoms with Gasteiger partial charge in [0.15, 0.2) is 0 Å². The topological polar surface area (TPSA) is 99.7 Å². The summed E-state index contributed by atoms with van der Waals surface area (Å²) in [6.45, 7) is 6.43. The van der Waals surface area contributed by atoms with Crippen molar-refractivity contribution in [3.05, 3.63) is 10.7 Å². The van der Waals surface area contributed by atoms with E-state index in [1.807, 2.05) is 0 Å². The van der Waals surface area contributed by atoms with E-state index in [0.717, 1.165) is 6.21 Å². The molecule has 1 rings (SSSR count). The molecule has 0 aromatic heterocycles. The van der Waals surface area contributed by atoms with Gasteiger partial charge in [0.1, 0.15) is 10.6 Å². The Morgan fingerprint density at radius 3 is 2.30 bits per heavy atom. The maximum Gasteiger partial charge on any atom is 0.411 e. The second-order valence-corrected chi connectivity index (χ2v) is 5.73. The summed E-state index contributed by atoms with van der Waals surface area (Å²) in [5, 5.41) is 7.10. The van der Waals surface area contributed by atoms with Crippen LogP contribution in [-0.2, 0) is 9.53 Å². The zero-order chi connectivity index (χ0) is 15.5. The lowest BCUT2D eigenvalue weighted by Crippen LogP contribution is -2.36. The van der Waals surface area contributed by atoms with Crippen molar-refractivity contribution in [2.24, 2.45) is 5.73 Å². The van der Waals surface area contributed by atoms with Crippen molar-refractivity contribution in [2.75, 3.05) is 19.8 Å². The number of hydrogen-bond donors (Lipinski definition) is 2. The standard InChI is InChI=1S/C12H19ClN4O3/c1-12(2,3)20-11(19)17-5-4-16(7-17)8(6-14)9(13)10(15)18/h6,14H,4-5,7H2,1-3H3,(H2,15,18)/b9-8-,14-6?. The van der Waals surface area contributed by atoms with E-state index in [1.165, 1.54) is 4.90 Å². The highest BCUT2D eigenvalue weighted by atomic mass is 35.5. The van der Waals surface area contributed by atoms with Crippen LogP contribution in [0, 0.1) is 5.41 Å². The van der Waals surface area contributed by atoms with Crippen molar-refractivity contribution in [1.29, 1.82) is 5.41 Å². The Hall–Kier alpha value is -1.76. The minimum absolute atomic E-state index is 0.198. The van der Waals surface area contributed by atoms with Crippen LogP contribution in [0.1, 0.15) is 20.8 Å². The minimum atomic E-state index is -0.805. The van der Waals surface area contributed by atoms with E-state index >= 15 is 0 Å². The Balaban J connectivity index is 2.77. The lowest BCUT2D eigenvalue weighted by atomic mass is 10.2. The molecular formula is C12H19ClN4O3. The molecule has 0 atom stereocenters. The number of carbonyl (C=O) groups is 2. The molecule has 20 heavy (non-hydrogen) atoms. The molecule has 0 radical (unpaired) electrons. The summed E-state index contributed by atoms with van der Waals surface area (Å²) in [6, 6.07) is 0. The largest absolute Gasteiger partial charge is 0.444 e. The molecule has 0 aliphatic carbocycles. The molecule has 1 fully saturated rings. The Labute approximate surface area is 122 Å². The van der Waals surface area contributed by atoms with E-state index in [-0.39, 0.29) is 17.4 Å². The number of nitrogens with two attached hydrogens (primary N) is 1. The van der Waals surface area contributed by atoms with Gasteiger partial charge >= 0.3 is 6.09 Å². The maximum absolute atomic E-state index is 11.9. The number of nitrogens with zero attached hydrogens (tertiary/aromatic N) is 2. The molecule has 1 saturated heterocycles. The zero-order valence-electron chi connectivity index (χ0n) is 11.8. The maximum atomic E-state index is 11.9. The molecule has 0 bridgehead atoms. The van der Waals surface area contributed by atoms with Crippen LogP contribution in [0.15, 0.2) is 10.7 Å². The van der Waals surface area contributed by atoms with Crippen LogP contribution in [0.25, 0.3) is 0 Å². The van der Waals surface area contributed by atoms with Gasteiger partial charge in [0.25, 0.3) is 5.91 Å². The molecule has 7 nitrogen and oxygen atoms in total. The number of rotatable bonds is 3. The minimum Gasteiger partial charge on any atom is -0.444 e. The summed E-state index contributed by atoms with van der Waals surface area (Å²) in [7, 11) is 0. The predicted molar refractivity (Wildman–Crippen MR) is 75.4 cm³/mol. The summed E-state index contributed by atoms with van der Waals surface area (Å²) >= 11 is 5.77. The predicted octanol–water partition coefficient (Wildman–Crippen LogP) is 1.08. The smallest absolute Gasteiger partial charge is 0.411 e. The number of amides is 2. The molecule has 1 aliphatic heterocycles. The van der Waals surface area contributed by atoms with Crippen molar-refractivity contribution >= 4 is 29.8 Å². The van der Waals surface area contributed by atoms with Crippen molar-refractivity contribution in [3.8, 4) is 0 Å². The van der Waals surface area contributed by atoms with E-state index in [9.17, 15) is 9.59 Å². The van der Waals surface area contributed by atoms with Gasteiger partial charge in [-0.2, -0.15) is 0 Å². The number of hydrogen-bond acceptors (Lipinski definition) is 5. The third-order valence-corrected chi connectivity index (χ3v) is 2.93. The van der Waals surface area contributed by atoms with Crippen LogP contribution >= 0.6 is 11.6 Å². The summed E-state index contributed by atoms with van der Waals surface area (Å²) in [5.41, 5.74) is 4.72. The fourth-order valence-corrected chi connectivity index (χ4v) is 1.85. The normalized spacial score (nSPS) is 16.8. The van der Waals surface area contributed by atoms with Crippen LogP contribution in [0.3, 0.4) is 0 Å². The van der Waals surface area contributed by atoms with Crippen LogP contribution in [0.4, 0.5) is 4.79 Å². The zero-order valence-corrected chi connectivity index (χ0v) is 12.5. The van der Waals surface area contributed by atoms with Gasteiger partial charge in [-0.3, -0.25) is 9.69 Å². The first-order chi connectivity index (χ1) is 9.15. The fraction of sp³-hybridized carbons (Fsp3) is 0.583. The Bertz CT molecular complexity index is 456. The Morgan fingerprint density at radius 1 is 1.30 bits per heavy atom. The number of ether oxygens (including phenoxy) is 1. The number of carbonyl (C=O) groups excluding carboxylic acids is 2. The van der Waals surface area contributed by atoms with Crippen molar-refractivity contribution in [3.63, 3.8) is 0 Å². The van der Waals surface area contributed by atoms with E-state index in [2.05, 4.69) is 0 Å². The molecule has 0 unspecified atom stereocenters. The molecule has 0 saturated carbocycles. The van der Waals surface area contributed by atoms with Crippen LogP contribution in [0.5, 0.6) is 0 Å². The van der Waals surface area contributed by atoms with Crippen LogP contribution in [0.2, 0.25) is 0 Å². The van der Waals surface area contributed by atoms with Gasteiger partial charge < -0.3 is 20.8 Å².